The molecule has 3 heterocycles. The fourth-order valence-electron chi connectivity index (χ4n) is 3.41. The van der Waals surface area contributed by atoms with Crippen LogP contribution < -0.4 is 0 Å². The highest BCUT2D eigenvalue weighted by atomic mass is 16.5. The first-order valence-electron chi connectivity index (χ1n) is 8.00. The molecule has 22 heavy (non-hydrogen) atoms. The zero-order valence-electron chi connectivity index (χ0n) is 13.2. The Labute approximate surface area is 130 Å². The molecular formula is C16H23N3O3. The zero-order valence-corrected chi connectivity index (χ0v) is 13.2. The van der Waals surface area contributed by atoms with Gasteiger partial charge in [0.05, 0.1) is 11.8 Å². The van der Waals surface area contributed by atoms with Crippen molar-refractivity contribution in [2.24, 2.45) is 13.0 Å². The van der Waals surface area contributed by atoms with E-state index in [0.717, 1.165) is 25.8 Å². The summed E-state index contributed by atoms with van der Waals surface area (Å²) in [6.45, 7) is 3.45. The molecule has 0 aliphatic carbocycles. The number of aromatic nitrogens is 2. The molecule has 2 saturated heterocycles. The van der Waals surface area contributed by atoms with E-state index in [0.29, 0.717) is 18.6 Å². The van der Waals surface area contributed by atoms with Gasteiger partial charge < -0.3 is 9.64 Å². The normalized spacial score (nSPS) is 28.3. The van der Waals surface area contributed by atoms with Crippen LogP contribution in [-0.2, 0) is 16.6 Å². The maximum atomic E-state index is 12.7. The number of Topliss-reactive ketones (excluding diaryl/α,β-unsaturated/α-hetero) is 1. The van der Waals surface area contributed by atoms with Gasteiger partial charge in [0, 0.05) is 38.9 Å². The minimum atomic E-state index is -0.325. The van der Waals surface area contributed by atoms with Gasteiger partial charge in [-0.25, -0.2) is 0 Å². The molecule has 120 valence electrons. The van der Waals surface area contributed by atoms with Crippen LogP contribution in [0.5, 0.6) is 0 Å². The number of carbonyl (C=O) groups excluding carboxylic acids is 2. The number of rotatable bonds is 4. The summed E-state index contributed by atoms with van der Waals surface area (Å²) >= 11 is 0. The van der Waals surface area contributed by atoms with Gasteiger partial charge in [0.25, 0.3) is 5.91 Å². The van der Waals surface area contributed by atoms with Gasteiger partial charge in [0.15, 0.2) is 5.78 Å². The molecule has 0 unspecified atom stereocenters. The number of carbonyl (C=O) groups is 2. The molecule has 2 aliphatic heterocycles. The Morgan fingerprint density at radius 3 is 2.86 bits per heavy atom. The van der Waals surface area contributed by atoms with Crippen LogP contribution in [0.1, 0.15) is 43.0 Å². The summed E-state index contributed by atoms with van der Waals surface area (Å²) in [4.78, 5) is 26.9. The van der Waals surface area contributed by atoms with E-state index in [-0.39, 0.29) is 29.8 Å². The van der Waals surface area contributed by atoms with Gasteiger partial charge in [0.1, 0.15) is 6.10 Å². The molecule has 2 aliphatic rings. The number of aryl methyl sites for hydroxylation is 1. The highest BCUT2D eigenvalue weighted by Crippen LogP contribution is 2.28. The standard InChI is InChI=1S/C16H23N3O3/c1-11-5-7-22-15(11)16(21)19-6-3-4-13(19)8-14(20)12-9-17-18(2)10-12/h9-11,13,15H,3-8H2,1-2H3/t11-,13+,15-/m1/s1. The Morgan fingerprint density at radius 2 is 2.23 bits per heavy atom. The van der Waals surface area contributed by atoms with E-state index in [1.165, 1.54) is 0 Å². The SMILES string of the molecule is C[C@@H]1CCO[C@H]1C(=O)N1CCC[C@H]1CC(=O)c1cnn(C)c1. The van der Waals surface area contributed by atoms with E-state index in [1.807, 2.05) is 4.90 Å². The van der Waals surface area contributed by atoms with E-state index in [2.05, 4.69) is 12.0 Å². The molecule has 0 saturated carbocycles. The molecule has 1 amide bonds. The van der Waals surface area contributed by atoms with E-state index >= 15 is 0 Å². The van der Waals surface area contributed by atoms with Crippen LogP contribution in [0, 0.1) is 5.92 Å². The van der Waals surface area contributed by atoms with Crippen LogP contribution in [-0.4, -0.2) is 51.7 Å². The van der Waals surface area contributed by atoms with Crippen LogP contribution >= 0.6 is 0 Å². The van der Waals surface area contributed by atoms with Crippen molar-refractivity contribution in [3.63, 3.8) is 0 Å². The smallest absolute Gasteiger partial charge is 0.252 e. The average molecular weight is 305 g/mol. The molecule has 0 aromatic carbocycles. The maximum Gasteiger partial charge on any atom is 0.252 e. The third kappa shape index (κ3) is 2.92. The number of ketones is 1. The van der Waals surface area contributed by atoms with Crippen LogP contribution in [0.3, 0.4) is 0 Å². The van der Waals surface area contributed by atoms with Gasteiger partial charge in [-0.05, 0) is 25.2 Å². The maximum absolute atomic E-state index is 12.7. The third-order valence-corrected chi connectivity index (χ3v) is 4.74. The van der Waals surface area contributed by atoms with E-state index in [1.54, 1.807) is 24.1 Å². The summed E-state index contributed by atoms with van der Waals surface area (Å²) in [5.41, 5.74) is 0.618. The lowest BCUT2D eigenvalue weighted by Gasteiger charge is -2.28. The largest absolute Gasteiger partial charge is 0.368 e. The van der Waals surface area contributed by atoms with Crippen molar-refractivity contribution in [1.29, 1.82) is 0 Å². The molecular weight excluding hydrogens is 282 g/mol. The van der Waals surface area contributed by atoms with Gasteiger partial charge in [-0.1, -0.05) is 6.92 Å². The molecule has 0 radical (unpaired) electrons. The highest BCUT2D eigenvalue weighted by molar-refractivity contribution is 5.96. The van der Waals surface area contributed by atoms with Crippen molar-refractivity contribution >= 4 is 11.7 Å². The topological polar surface area (TPSA) is 64.4 Å². The number of hydrogen-bond acceptors (Lipinski definition) is 4. The van der Waals surface area contributed by atoms with Gasteiger partial charge in [-0.2, -0.15) is 5.10 Å². The quantitative estimate of drug-likeness (QED) is 0.789. The molecule has 1 aromatic rings. The van der Waals surface area contributed by atoms with Crippen molar-refractivity contribution in [2.45, 2.75) is 44.8 Å². The van der Waals surface area contributed by atoms with Crippen molar-refractivity contribution in [3.05, 3.63) is 18.0 Å². The summed E-state index contributed by atoms with van der Waals surface area (Å²) in [6, 6.07) is -0.00314. The Morgan fingerprint density at radius 1 is 1.41 bits per heavy atom. The summed E-state index contributed by atoms with van der Waals surface area (Å²) in [6.07, 6.45) is 6.14. The highest BCUT2D eigenvalue weighted by Gasteiger charge is 2.39. The minimum Gasteiger partial charge on any atom is -0.368 e. The first-order chi connectivity index (χ1) is 10.6. The second-order valence-electron chi connectivity index (χ2n) is 6.42. The zero-order chi connectivity index (χ0) is 15.7. The minimum absolute atomic E-state index is 0.00314. The van der Waals surface area contributed by atoms with Gasteiger partial charge in [-0.3, -0.25) is 14.3 Å². The summed E-state index contributed by atoms with van der Waals surface area (Å²) in [5.74, 6) is 0.382. The molecule has 3 rings (SSSR count). The molecule has 6 nitrogen and oxygen atoms in total. The van der Waals surface area contributed by atoms with Gasteiger partial charge in [0.2, 0.25) is 0 Å². The number of likely N-dealkylation sites (tertiary alicyclic amines) is 1. The van der Waals surface area contributed by atoms with E-state index in [9.17, 15) is 9.59 Å². The number of ether oxygens (including phenoxy) is 1. The molecule has 6 heteroatoms. The average Bonchev–Trinajstić information content (AvgIpc) is 3.19. The fourth-order valence-corrected chi connectivity index (χ4v) is 3.41. The predicted octanol–water partition coefficient (Wildman–Crippen LogP) is 1.41. The lowest BCUT2D eigenvalue weighted by molar-refractivity contribution is -0.143. The summed E-state index contributed by atoms with van der Waals surface area (Å²) < 4.78 is 7.22. The van der Waals surface area contributed by atoms with Crippen LogP contribution in [0.4, 0.5) is 0 Å². The van der Waals surface area contributed by atoms with E-state index < -0.39 is 0 Å². The monoisotopic (exact) mass is 305 g/mol. The van der Waals surface area contributed by atoms with Crippen LogP contribution in [0.25, 0.3) is 0 Å². The molecule has 1 aromatic heterocycles. The molecule has 0 N–H and O–H groups in total. The second-order valence-corrected chi connectivity index (χ2v) is 6.42. The van der Waals surface area contributed by atoms with Crippen molar-refractivity contribution < 1.29 is 14.3 Å². The number of nitrogens with zero attached hydrogens (tertiary/aromatic N) is 3. The van der Waals surface area contributed by atoms with Crippen molar-refractivity contribution in [3.8, 4) is 0 Å². The van der Waals surface area contributed by atoms with Crippen molar-refractivity contribution in [2.75, 3.05) is 13.2 Å². The predicted molar refractivity (Wildman–Crippen MR) is 80.4 cm³/mol. The molecule has 3 atom stereocenters. The van der Waals surface area contributed by atoms with E-state index in [4.69, 9.17) is 4.74 Å². The third-order valence-electron chi connectivity index (χ3n) is 4.74. The summed E-state index contributed by atoms with van der Waals surface area (Å²) in [5, 5.41) is 4.03. The lowest BCUT2D eigenvalue weighted by Crippen LogP contribution is -2.44. The Hall–Kier alpha value is -1.69. The summed E-state index contributed by atoms with van der Waals surface area (Å²) in [7, 11) is 1.79. The Balaban J connectivity index is 1.65. The van der Waals surface area contributed by atoms with Crippen molar-refractivity contribution in [1.82, 2.24) is 14.7 Å². The van der Waals surface area contributed by atoms with Crippen LogP contribution in [0.15, 0.2) is 12.4 Å². The number of amides is 1. The van der Waals surface area contributed by atoms with Gasteiger partial charge in [-0.15, -0.1) is 0 Å². The molecule has 2 fully saturated rings. The molecule has 0 spiro atoms. The Bertz CT molecular complexity index is 569. The lowest BCUT2D eigenvalue weighted by atomic mass is 10.0. The first kappa shape index (κ1) is 15.2. The number of hydrogen-bond donors (Lipinski definition) is 0. The first-order valence-corrected chi connectivity index (χ1v) is 8.00. The van der Waals surface area contributed by atoms with Gasteiger partial charge >= 0.3 is 0 Å². The van der Waals surface area contributed by atoms with Crippen LogP contribution in [0.2, 0.25) is 0 Å². The second kappa shape index (κ2) is 6.20. The Kier molecular flexibility index (Phi) is 4.29. The molecule has 0 bridgehead atoms. The fraction of sp³-hybridized carbons (Fsp3) is 0.688.